The SMILES string of the molecule is O=C(O)CCC(=O)N(C1CC1)N1c2ccccc2C[C@H]2CCC[C@H]21. The molecule has 5 nitrogen and oxygen atoms in total. The number of amides is 1. The number of fused-ring (bicyclic) bond motifs is 2. The summed E-state index contributed by atoms with van der Waals surface area (Å²) in [6.07, 6.45) is 6.68. The van der Waals surface area contributed by atoms with Crippen LogP contribution in [0.4, 0.5) is 5.69 Å². The average Bonchev–Trinajstić information content (AvgIpc) is 3.29. The Morgan fingerprint density at radius 2 is 1.92 bits per heavy atom. The van der Waals surface area contributed by atoms with Crippen LogP contribution in [-0.4, -0.2) is 34.1 Å². The van der Waals surface area contributed by atoms with Gasteiger partial charge in [0.25, 0.3) is 0 Å². The summed E-state index contributed by atoms with van der Waals surface area (Å²) in [6.45, 7) is 0. The zero-order valence-corrected chi connectivity index (χ0v) is 13.9. The van der Waals surface area contributed by atoms with Crippen molar-refractivity contribution >= 4 is 17.6 Å². The molecule has 5 heteroatoms. The first-order valence-corrected chi connectivity index (χ1v) is 9.06. The largest absolute Gasteiger partial charge is 0.481 e. The van der Waals surface area contributed by atoms with Crippen molar-refractivity contribution in [1.82, 2.24) is 5.01 Å². The Labute approximate surface area is 142 Å². The summed E-state index contributed by atoms with van der Waals surface area (Å²) in [7, 11) is 0. The molecule has 1 heterocycles. The van der Waals surface area contributed by atoms with Crippen LogP contribution in [0, 0.1) is 5.92 Å². The van der Waals surface area contributed by atoms with E-state index in [0.717, 1.165) is 31.4 Å². The van der Waals surface area contributed by atoms with Gasteiger partial charge in [0.15, 0.2) is 0 Å². The Balaban J connectivity index is 1.67. The van der Waals surface area contributed by atoms with Gasteiger partial charge in [-0.3, -0.25) is 19.6 Å². The Morgan fingerprint density at radius 3 is 2.67 bits per heavy atom. The van der Waals surface area contributed by atoms with Crippen LogP contribution in [-0.2, 0) is 16.0 Å². The summed E-state index contributed by atoms with van der Waals surface area (Å²) < 4.78 is 0. The highest BCUT2D eigenvalue weighted by Gasteiger charge is 2.45. The van der Waals surface area contributed by atoms with E-state index in [9.17, 15) is 9.59 Å². The molecule has 2 atom stereocenters. The van der Waals surface area contributed by atoms with Gasteiger partial charge in [-0.1, -0.05) is 24.6 Å². The molecule has 4 rings (SSSR count). The number of aliphatic carboxylic acids is 1. The van der Waals surface area contributed by atoms with Gasteiger partial charge in [0, 0.05) is 6.42 Å². The minimum absolute atomic E-state index is 0.0396. The summed E-state index contributed by atoms with van der Waals surface area (Å²) in [6, 6.07) is 9.02. The number of para-hydroxylation sites is 1. The van der Waals surface area contributed by atoms with Crippen LogP contribution < -0.4 is 5.01 Å². The fraction of sp³-hybridized carbons (Fsp3) is 0.579. The molecule has 0 aromatic heterocycles. The maximum absolute atomic E-state index is 12.8. The zero-order chi connectivity index (χ0) is 16.7. The lowest BCUT2D eigenvalue weighted by atomic mass is 9.88. The molecule has 0 unspecified atom stereocenters. The molecule has 0 radical (unpaired) electrons. The number of carboxylic acids is 1. The third kappa shape index (κ3) is 2.76. The van der Waals surface area contributed by atoms with E-state index in [4.69, 9.17) is 5.11 Å². The van der Waals surface area contributed by atoms with Crippen molar-refractivity contribution < 1.29 is 14.7 Å². The zero-order valence-electron chi connectivity index (χ0n) is 13.9. The van der Waals surface area contributed by atoms with Crippen LogP contribution in [0.5, 0.6) is 0 Å². The summed E-state index contributed by atoms with van der Waals surface area (Å²) >= 11 is 0. The van der Waals surface area contributed by atoms with Crippen molar-refractivity contribution in [3.8, 4) is 0 Å². The van der Waals surface area contributed by atoms with Crippen molar-refractivity contribution in [2.24, 2.45) is 5.92 Å². The highest BCUT2D eigenvalue weighted by molar-refractivity contribution is 5.83. The van der Waals surface area contributed by atoms with Gasteiger partial charge in [-0.15, -0.1) is 0 Å². The van der Waals surface area contributed by atoms with E-state index in [-0.39, 0.29) is 24.8 Å². The van der Waals surface area contributed by atoms with Gasteiger partial charge in [-0.25, -0.2) is 0 Å². The van der Waals surface area contributed by atoms with Crippen molar-refractivity contribution in [3.63, 3.8) is 0 Å². The van der Waals surface area contributed by atoms with Crippen LogP contribution in [0.3, 0.4) is 0 Å². The second-order valence-electron chi connectivity index (χ2n) is 7.30. The second kappa shape index (κ2) is 6.11. The van der Waals surface area contributed by atoms with Gasteiger partial charge < -0.3 is 5.11 Å². The molecule has 128 valence electrons. The number of carboxylic acid groups (broad SMARTS) is 1. The third-order valence-electron chi connectivity index (χ3n) is 5.59. The standard InChI is InChI=1S/C19H24N2O3/c22-18(10-11-19(23)24)20(15-8-9-15)21-16-6-2-1-4-13(16)12-14-5-3-7-17(14)21/h1-2,4,6,14-15,17H,3,5,7-12H2,(H,23,24)/t14-,17-/m1/s1. The molecule has 3 aliphatic rings. The van der Waals surface area contributed by atoms with Gasteiger partial charge in [0.2, 0.25) is 5.91 Å². The predicted molar refractivity (Wildman–Crippen MR) is 90.5 cm³/mol. The van der Waals surface area contributed by atoms with Crippen LogP contribution in [0.1, 0.15) is 50.5 Å². The Hall–Kier alpha value is -2.04. The smallest absolute Gasteiger partial charge is 0.303 e. The molecule has 1 aliphatic heterocycles. The lowest BCUT2D eigenvalue weighted by Crippen LogP contribution is -2.56. The van der Waals surface area contributed by atoms with Crippen LogP contribution in [0.15, 0.2) is 24.3 Å². The van der Waals surface area contributed by atoms with E-state index >= 15 is 0 Å². The highest BCUT2D eigenvalue weighted by atomic mass is 16.4. The number of hydrazine groups is 1. The average molecular weight is 328 g/mol. The lowest BCUT2D eigenvalue weighted by molar-refractivity contribution is -0.141. The Kier molecular flexibility index (Phi) is 3.94. The number of carbonyl (C=O) groups is 2. The van der Waals surface area contributed by atoms with Crippen molar-refractivity contribution in [2.45, 2.75) is 63.5 Å². The summed E-state index contributed by atoms with van der Waals surface area (Å²) in [5.74, 6) is -0.340. The molecular weight excluding hydrogens is 304 g/mol. The molecule has 1 N–H and O–H groups in total. The summed E-state index contributed by atoms with van der Waals surface area (Å²) in [4.78, 5) is 23.7. The minimum Gasteiger partial charge on any atom is -0.481 e. The molecule has 24 heavy (non-hydrogen) atoms. The first-order valence-electron chi connectivity index (χ1n) is 9.06. The van der Waals surface area contributed by atoms with E-state index in [0.29, 0.717) is 12.0 Å². The number of hydrogen-bond acceptors (Lipinski definition) is 3. The molecule has 1 aromatic rings. The topological polar surface area (TPSA) is 60.9 Å². The second-order valence-corrected chi connectivity index (χ2v) is 7.30. The molecule has 1 amide bonds. The maximum Gasteiger partial charge on any atom is 0.303 e. The molecule has 2 aliphatic carbocycles. The summed E-state index contributed by atoms with van der Waals surface area (Å²) in [5.41, 5.74) is 2.47. The quantitative estimate of drug-likeness (QED) is 0.903. The van der Waals surface area contributed by atoms with Crippen molar-refractivity contribution in [2.75, 3.05) is 5.01 Å². The minimum atomic E-state index is -0.906. The molecular formula is C19H24N2O3. The van der Waals surface area contributed by atoms with E-state index in [1.165, 1.54) is 18.4 Å². The van der Waals surface area contributed by atoms with Crippen LogP contribution in [0.2, 0.25) is 0 Å². The fourth-order valence-electron chi connectivity index (χ4n) is 4.37. The monoisotopic (exact) mass is 328 g/mol. The highest BCUT2D eigenvalue weighted by Crippen LogP contribution is 2.45. The van der Waals surface area contributed by atoms with Gasteiger partial charge in [-0.05, 0) is 49.7 Å². The summed E-state index contributed by atoms with van der Waals surface area (Å²) in [5, 5.41) is 13.1. The number of anilines is 1. The van der Waals surface area contributed by atoms with E-state index in [1.807, 2.05) is 11.1 Å². The van der Waals surface area contributed by atoms with E-state index < -0.39 is 5.97 Å². The molecule has 0 saturated heterocycles. The van der Waals surface area contributed by atoms with E-state index in [1.54, 1.807) is 0 Å². The third-order valence-corrected chi connectivity index (χ3v) is 5.59. The number of nitrogens with zero attached hydrogens (tertiary/aromatic N) is 2. The molecule has 0 spiro atoms. The normalized spacial score (nSPS) is 25.1. The Morgan fingerprint density at radius 1 is 1.12 bits per heavy atom. The number of carbonyl (C=O) groups excluding carboxylic acids is 1. The van der Waals surface area contributed by atoms with Gasteiger partial charge >= 0.3 is 5.97 Å². The van der Waals surface area contributed by atoms with Crippen molar-refractivity contribution in [3.05, 3.63) is 29.8 Å². The number of rotatable bonds is 5. The first-order chi connectivity index (χ1) is 11.6. The van der Waals surface area contributed by atoms with Gasteiger partial charge in [0.05, 0.1) is 24.2 Å². The first kappa shape index (κ1) is 15.5. The fourth-order valence-corrected chi connectivity index (χ4v) is 4.37. The van der Waals surface area contributed by atoms with Crippen molar-refractivity contribution in [1.29, 1.82) is 0 Å². The Bertz CT molecular complexity index is 656. The molecule has 2 saturated carbocycles. The molecule has 0 bridgehead atoms. The van der Waals surface area contributed by atoms with Gasteiger partial charge in [-0.2, -0.15) is 0 Å². The predicted octanol–water partition coefficient (Wildman–Crippen LogP) is 2.99. The number of hydrogen-bond donors (Lipinski definition) is 1. The van der Waals surface area contributed by atoms with Crippen LogP contribution >= 0.6 is 0 Å². The van der Waals surface area contributed by atoms with Crippen LogP contribution in [0.25, 0.3) is 0 Å². The molecule has 2 fully saturated rings. The maximum atomic E-state index is 12.8. The molecule has 1 aromatic carbocycles. The van der Waals surface area contributed by atoms with E-state index in [2.05, 4.69) is 23.2 Å². The lowest BCUT2D eigenvalue weighted by Gasteiger charge is -2.47. The van der Waals surface area contributed by atoms with Gasteiger partial charge in [0.1, 0.15) is 0 Å². The number of benzene rings is 1.